The van der Waals surface area contributed by atoms with Crippen molar-refractivity contribution in [2.45, 2.75) is 32.2 Å². The van der Waals surface area contributed by atoms with Crippen LogP contribution < -0.4 is 15.4 Å². The zero-order chi connectivity index (χ0) is 25.2. The quantitative estimate of drug-likeness (QED) is 0.358. The number of hydrogen-bond acceptors (Lipinski definition) is 6. The third-order valence-corrected chi connectivity index (χ3v) is 6.28. The van der Waals surface area contributed by atoms with Gasteiger partial charge in [-0.3, -0.25) is 19.7 Å². The van der Waals surface area contributed by atoms with Crippen molar-refractivity contribution in [2.75, 3.05) is 26.3 Å². The number of ether oxygens (including phenoxy) is 2. The fourth-order valence-corrected chi connectivity index (χ4v) is 4.32. The number of hydrogen-bond donors (Lipinski definition) is 2. The molecule has 0 bridgehead atoms. The first-order valence-corrected chi connectivity index (χ1v) is 12.6. The van der Waals surface area contributed by atoms with Crippen molar-refractivity contribution in [3.8, 4) is 5.75 Å². The molecule has 1 heterocycles. The van der Waals surface area contributed by atoms with Gasteiger partial charge < -0.3 is 19.7 Å². The Labute approximate surface area is 218 Å². The minimum Gasteiger partial charge on any atom is -0.492 e. The number of rotatable bonds is 9. The summed E-state index contributed by atoms with van der Waals surface area (Å²) in [6.45, 7) is 3.40. The van der Waals surface area contributed by atoms with E-state index in [0.717, 1.165) is 6.42 Å². The number of thiocarbonyl (C=S) groups is 1. The van der Waals surface area contributed by atoms with Gasteiger partial charge in [0.2, 0.25) is 5.91 Å². The summed E-state index contributed by atoms with van der Waals surface area (Å²) >= 11 is 8.87. The standard InChI is InChI=1S/C25H28BrN3O5S/c1-2-13-34-22(30)16-20-24(32)27-11-12-29(20)25(35)28-23(31)18-8-9-21(19(26)15-18)33-14-10-17-6-4-3-5-7-17/h3-9,15,20H,2,10-14,16H2,1H3,(H,27,32)(H,28,31,35). The van der Waals surface area contributed by atoms with Crippen LogP contribution in [0.1, 0.15) is 35.7 Å². The van der Waals surface area contributed by atoms with Gasteiger partial charge in [0, 0.05) is 25.1 Å². The highest BCUT2D eigenvalue weighted by molar-refractivity contribution is 9.10. The average molecular weight is 562 g/mol. The molecule has 35 heavy (non-hydrogen) atoms. The maximum atomic E-state index is 12.8. The number of nitrogens with zero attached hydrogens (tertiary/aromatic N) is 1. The van der Waals surface area contributed by atoms with Crippen LogP contribution in [0.3, 0.4) is 0 Å². The molecule has 3 rings (SSSR count). The van der Waals surface area contributed by atoms with Crippen LogP contribution in [-0.2, 0) is 20.7 Å². The van der Waals surface area contributed by atoms with E-state index in [9.17, 15) is 14.4 Å². The van der Waals surface area contributed by atoms with Gasteiger partial charge in [-0.1, -0.05) is 37.3 Å². The lowest BCUT2D eigenvalue weighted by Crippen LogP contribution is -2.60. The zero-order valence-corrected chi connectivity index (χ0v) is 21.8. The van der Waals surface area contributed by atoms with Crippen LogP contribution in [0.5, 0.6) is 5.75 Å². The first kappa shape index (κ1) is 26.6. The van der Waals surface area contributed by atoms with Crippen molar-refractivity contribution in [1.82, 2.24) is 15.5 Å². The molecule has 1 fully saturated rings. The lowest BCUT2D eigenvalue weighted by atomic mass is 10.1. The molecule has 1 atom stereocenters. The van der Waals surface area contributed by atoms with Gasteiger partial charge in [0.25, 0.3) is 5.91 Å². The Morgan fingerprint density at radius 1 is 1.20 bits per heavy atom. The molecule has 2 aromatic rings. The highest BCUT2D eigenvalue weighted by Gasteiger charge is 2.34. The van der Waals surface area contributed by atoms with Crippen LogP contribution in [0.4, 0.5) is 0 Å². The fourth-order valence-electron chi connectivity index (χ4n) is 3.52. The fraction of sp³-hybridized carbons (Fsp3) is 0.360. The van der Waals surface area contributed by atoms with Gasteiger partial charge in [-0.15, -0.1) is 0 Å². The van der Waals surface area contributed by atoms with Crippen LogP contribution in [-0.4, -0.2) is 60.1 Å². The Morgan fingerprint density at radius 2 is 1.97 bits per heavy atom. The molecule has 0 radical (unpaired) electrons. The second-order valence-corrected chi connectivity index (χ2v) is 9.15. The van der Waals surface area contributed by atoms with Crippen molar-refractivity contribution < 1.29 is 23.9 Å². The summed E-state index contributed by atoms with van der Waals surface area (Å²) in [5, 5.41) is 5.47. The number of nitrogens with one attached hydrogen (secondary N) is 2. The van der Waals surface area contributed by atoms with Crippen LogP contribution in [0.25, 0.3) is 0 Å². The molecule has 186 valence electrons. The monoisotopic (exact) mass is 561 g/mol. The first-order valence-electron chi connectivity index (χ1n) is 11.4. The largest absolute Gasteiger partial charge is 0.492 e. The number of halogens is 1. The summed E-state index contributed by atoms with van der Waals surface area (Å²) in [6.07, 6.45) is 1.30. The summed E-state index contributed by atoms with van der Waals surface area (Å²) < 4.78 is 11.6. The van der Waals surface area contributed by atoms with Crippen molar-refractivity contribution in [3.63, 3.8) is 0 Å². The Kier molecular flexibility index (Phi) is 10.0. The summed E-state index contributed by atoms with van der Waals surface area (Å²) in [5.74, 6) is -0.621. The predicted octanol–water partition coefficient (Wildman–Crippen LogP) is 3.23. The molecule has 0 aliphatic carbocycles. The molecule has 0 saturated carbocycles. The lowest BCUT2D eigenvalue weighted by Gasteiger charge is -2.36. The Balaban J connectivity index is 1.58. The third kappa shape index (κ3) is 7.76. The van der Waals surface area contributed by atoms with Crippen LogP contribution in [0, 0.1) is 0 Å². The first-order chi connectivity index (χ1) is 16.9. The lowest BCUT2D eigenvalue weighted by molar-refractivity contribution is -0.147. The SMILES string of the molecule is CCCOC(=O)CC1C(=O)NCCN1C(=S)NC(=O)c1ccc(OCCc2ccccc2)c(Br)c1. The number of esters is 1. The van der Waals surface area contributed by atoms with E-state index in [1.54, 1.807) is 23.1 Å². The minimum atomic E-state index is -0.840. The van der Waals surface area contributed by atoms with E-state index in [1.807, 2.05) is 37.3 Å². The normalized spacial score (nSPS) is 15.2. The predicted molar refractivity (Wildman–Crippen MR) is 139 cm³/mol. The van der Waals surface area contributed by atoms with Crippen molar-refractivity contribution in [3.05, 3.63) is 64.1 Å². The summed E-state index contributed by atoms with van der Waals surface area (Å²) in [4.78, 5) is 38.8. The van der Waals surface area contributed by atoms with E-state index in [0.29, 0.717) is 41.9 Å². The summed E-state index contributed by atoms with van der Waals surface area (Å²) in [7, 11) is 0. The zero-order valence-electron chi connectivity index (χ0n) is 19.4. The molecule has 1 aliphatic heterocycles. The molecule has 2 N–H and O–H groups in total. The number of piperazine rings is 1. The molecular weight excluding hydrogens is 534 g/mol. The van der Waals surface area contributed by atoms with E-state index >= 15 is 0 Å². The molecule has 2 amide bonds. The third-order valence-electron chi connectivity index (χ3n) is 5.32. The van der Waals surface area contributed by atoms with Crippen LogP contribution >= 0.6 is 28.1 Å². The highest BCUT2D eigenvalue weighted by atomic mass is 79.9. The van der Waals surface area contributed by atoms with E-state index in [2.05, 4.69) is 26.6 Å². The Morgan fingerprint density at radius 3 is 2.69 bits per heavy atom. The minimum absolute atomic E-state index is 0.0810. The molecule has 0 aromatic heterocycles. The Bertz CT molecular complexity index is 1070. The average Bonchev–Trinajstić information content (AvgIpc) is 2.85. The summed E-state index contributed by atoms with van der Waals surface area (Å²) in [6, 6.07) is 14.2. The highest BCUT2D eigenvalue weighted by Crippen LogP contribution is 2.26. The number of carbonyl (C=O) groups is 3. The molecule has 0 spiro atoms. The van der Waals surface area contributed by atoms with Gasteiger partial charge in [0.05, 0.1) is 24.1 Å². The van der Waals surface area contributed by atoms with Gasteiger partial charge in [0.15, 0.2) is 5.11 Å². The molecule has 1 aliphatic rings. The van der Waals surface area contributed by atoms with E-state index in [4.69, 9.17) is 21.7 Å². The van der Waals surface area contributed by atoms with Gasteiger partial charge in [-0.25, -0.2) is 0 Å². The van der Waals surface area contributed by atoms with Gasteiger partial charge in [-0.05, 0) is 58.3 Å². The summed E-state index contributed by atoms with van der Waals surface area (Å²) in [5.41, 5.74) is 1.55. The second kappa shape index (κ2) is 13.2. The Hall–Kier alpha value is -2.98. The second-order valence-electron chi connectivity index (χ2n) is 7.91. The molecule has 8 nitrogen and oxygen atoms in total. The van der Waals surface area contributed by atoms with E-state index < -0.39 is 17.9 Å². The molecule has 1 unspecified atom stereocenters. The van der Waals surface area contributed by atoms with Crippen molar-refractivity contribution >= 4 is 51.0 Å². The molecule has 2 aromatic carbocycles. The maximum absolute atomic E-state index is 12.8. The van der Waals surface area contributed by atoms with Crippen molar-refractivity contribution in [2.24, 2.45) is 0 Å². The maximum Gasteiger partial charge on any atom is 0.308 e. The van der Waals surface area contributed by atoms with Gasteiger partial charge >= 0.3 is 5.97 Å². The topological polar surface area (TPSA) is 97.0 Å². The molecular formula is C25H28BrN3O5S. The number of benzene rings is 2. The molecule has 1 saturated heterocycles. The smallest absolute Gasteiger partial charge is 0.308 e. The molecule has 10 heteroatoms. The van der Waals surface area contributed by atoms with E-state index in [1.165, 1.54) is 5.56 Å². The van der Waals surface area contributed by atoms with Crippen LogP contribution in [0.15, 0.2) is 53.0 Å². The van der Waals surface area contributed by atoms with Gasteiger partial charge in [0.1, 0.15) is 11.8 Å². The number of carbonyl (C=O) groups excluding carboxylic acids is 3. The van der Waals surface area contributed by atoms with E-state index in [-0.39, 0.29) is 24.0 Å². The van der Waals surface area contributed by atoms with Crippen molar-refractivity contribution in [1.29, 1.82) is 0 Å². The number of amides is 2. The van der Waals surface area contributed by atoms with Gasteiger partial charge in [-0.2, -0.15) is 0 Å². The van der Waals surface area contributed by atoms with Crippen LogP contribution in [0.2, 0.25) is 0 Å².